The number of nitrogens with one attached hydrogen (secondary N) is 2. The van der Waals surface area contributed by atoms with Gasteiger partial charge < -0.3 is 20.5 Å². The molecule has 0 spiro atoms. The summed E-state index contributed by atoms with van der Waals surface area (Å²) in [7, 11) is 0. The maximum Gasteiger partial charge on any atom is 0.387 e. The first-order chi connectivity index (χ1) is 12.4. The number of hydrogen-bond donors (Lipinski definition) is 3. The van der Waals surface area contributed by atoms with E-state index in [1.165, 1.54) is 17.4 Å². The first kappa shape index (κ1) is 20.1. The Morgan fingerprint density at radius 1 is 1.31 bits per heavy atom. The number of aliphatic hydroxyl groups is 1. The zero-order chi connectivity index (χ0) is 19.0. The smallest absolute Gasteiger partial charge is 0.387 e. The van der Waals surface area contributed by atoms with Crippen LogP contribution in [0.25, 0.3) is 0 Å². The van der Waals surface area contributed by atoms with Gasteiger partial charge in [0, 0.05) is 12.1 Å². The van der Waals surface area contributed by atoms with E-state index in [2.05, 4.69) is 20.4 Å². The van der Waals surface area contributed by atoms with E-state index in [-0.39, 0.29) is 18.8 Å². The summed E-state index contributed by atoms with van der Waals surface area (Å²) >= 11 is 1.52. The van der Waals surface area contributed by atoms with E-state index in [1.807, 2.05) is 23.8 Å². The fourth-order valence-corrected chi connectivity index (χ4v) is 3.06. The summed E-state index contributed by atoms with van der Waals surface area (Å²) in [4.78, 5) is 4.40. The molecule has 0 amide bonds. The zero-order valence-electron chi connectivity index (χ0n) is 14.7. The van der Waals surface area contributed by atoms with Crippen LogP contribution in [-0.4, -0.2) is 30.8 Å². The van der Waals surface area contributed by atoms with Crippen molar-refractivity contribution in [2.24, 2.45) is 4.99 Å². The number of ether oxygens (including phenoxy) is 1. The number of guanidine groups is 1. The molecule has 2 rings (SSSR count). The van der Waals surface area contributed by atoms with Crippen LogP contribution >= 0.6 is 11.3 Å². The van der Waals surface area contributed by atoms with Crippen molar-refractivity contribution in [3.8, 4) is 5.75 Å². The van der Waals surface area contributed by atoms with Crippen molar-refractivity contribution in [2.75, 3.05) is 13.1 Å². The van der Waals surface area contributed by atoms with Gasteiger partial charge in [0.1, 0.15) is 11.4 Å². The van der Waals surface area contributed by atoms with Crippen molar-refractivity contribution in [2.45, 2.75) is 32.6 Å². The number of hydrogen-bond acceptors (Lipinski definition) is 4. The van der Waals surface area contributed by atoms with Crippen molar-refractivity contribution in [3.63, 3.8) is 0 Å². The Hall–Kier alpha value is -2.19. The Kier molecular flexibility index (Phi) is 7.35. The SMILES string of the molecule is CCNC(=NCc1ccccc1OC(F)F)NCC(C)(O)c1ccsc1. The third kappa shape index (κ3) is 5.96. The fraction of sp³-hybridized carbons (Fsp3) is 0.389. The molecule has 0 saturated carbocycles. The van der Waals surface area contributed by atoms with E-state index in [0.29, 0.717) is 18.1 Å². The molecule has 3 N–H and O–H groups in total. The molecule has 2 aromatic rings. The highest BCUT2D eigenvalue weighted by Crippen LogP contribution is 2.22. The van der Waals surface area contributed by atoms with E-state index in [0.717, 1.165) is 5.56 Å². The van der Waals surface area contributed by atoms with Crippen LogP contribution < -0.4 is 15.4 Å². The van der Waals surface area contributed by atoms with Crippen LogP contribution in [0.3, 0.4) is 0 Å². The van der Waals surface area contributed by atoms with Crippen molar-refractivity contribution in [1.29, 1.82) is 0 Å². The minimum atomic E-state index is -2.88. The summed E-state index contributed by atoms with van der Waals surface area (Å²) < 4.78 is 29.5. The maximum atomic E-state index is 12.5. The van der Waals surface area contributed by atoms with Crippen molar-refractivity contribution >= 4 is 17.3 Å². The summed E-state index contributed by atoms with van der Waals surface area (Å²) in [6, 6.07) is 8.41. The lowest BCUT2D eigenvalue weighted by Gasteiger charge is -2.24. The highest BCUT2D eigenvalue weighted by molar-refractivity contribution is 7.08. The van der Waals surface area contributed by atoms with Gasteiger partial charge >= 0.3 is 6.61 Å². The third-order valence-electron chi connectivity index (χ3n) is 3.68. The molecule has 1 aromatic carbocycles. The molecule has 0 aliphatic heterocycles. The molecular formula is C18H23F2N3O2S. The molecule has 1 aromatic heterocycles. The average Bonchev–Trinajstić information content (AvgIpc) is 3.13. The van der Waals surface area contributed by atoms with Crippen LogP contribution in [0, 0.1) is 0 Å². The minimum absolute atomic E-state index is 0.104. The molecule has 1 atom stereocenters. The Morgan fingerprint density at radius 3 is 2.73 bits per heavy atom. The van der Waals surface area contributed by atoms with Gasteiger partial charge in [-0.15, -0.1) is 0 Å². The second-order valence-corrected chi connectivity index (χ2v) is 6.60. The predicted molar refractivity (Wildman–Crippen MR) is 99.8 cm³/mol. The minimum Gasteiger partial charge on any atom is -0.434 e. The molecule has 5 nitrogen and oxygen atoms in total. The monoisotopic (exact) mass is 383 g/mol. The van der Waals surface area contributed by atoms with Crippen molar-refractivity contribution < 1.29 is 18.6 Å². The number of thiophene rings is 1. The van der Waals surface area contributed by atoms with Crippen molar-refractivity contribution in [3.05, 3.63) is 52.2 Å². The molecule has 0 radical (unpaired) electrons. The van der Waals surface area contributed by atoms with Gasteiger partial charge in [-0.1, -0.05) is 18.2 Å². The number of aliphatic imine (C=N–C) groups is 1. The van der Waals surface area contributed by atoms with Gasteiger partial charge in [0.15, 0.2) is 5.96 Å². The lowest BCUT2D eigenvalue weighted by molar-refractivity contribution is -0.0504. The molecule has 0 bridgehead atoms. The van der Waals surface area contributed by atoms with E-state index >= 15 is 0 Å². The van der Waals surface area contributed by atoms with Gasteiger partial charge in [-0.2, -0.15) is 20.1 Å². The van der Waals surface area contributed by atoms with E-state index in [1.54, 1.807) is 25.1 Å². The summed E-state index contributed by atoms with van der Waals surface area (Å²) in [6.45, 7) is 1.80. The fourth-order valence-electron chi connectivity index (χ4n) is 2.28. The standard InChI is InChI=1S/C18H23F2N3O2S/c1-3-21-17(23-12-18(2,24)14-8-9-26-11-14)22-10-13-6-4-5-7-15(13)25-16(19)20/h4-9,11,16,24H,3,10,12H2,1-2H3,(H2,21,22,23). The number of para-hydroxylation sites is 1. The number of alkyl halides is 2. The van der Waals surface area contributed by atoms with Gasteiger partial charge in [0.25, 0.3) is 0 Å². The zero-order valence-corrected chi connectivity index (χ0v) is 15.5. The van der Waals surface area contributed by atoms with Crippen LogP contribution in [-0.2, 0) is 12.1 Å². The Balaban J connectivity index is 2.05. The van der Waals surface area contributed by atoms with E-state index in [4.69, 9.17) is 0 Å². The second-order valence-electron chi connectivity index (χ2n) is 5.82. The average molecular weight is 383 g/mol. The molecule has 0 fully saturated rings. The number of rotatable bonds is 8. The van der Waals surface area contributed by atoms with E-state index in [9.17, 15) is 13.9 Å². The summed E-state index contributed by atoms with van der Waals surface area (Å²) in [5, 5.41) is 20.5. The first-order valence-electron chi connectivity index (χ1n) is 8.22. The topological polar surface area (TPSA) is 65.9 Å². The lowest BCUT2D eigenvalue weighted by atomic mass is 9.99. The maximum absolute atomic E-state index is 12.5. The molecule has 0 aliphatic carbocycles. The first-order valence-corrected chi connectivity index (χ1v) is 9.16. The molecule has 142 valence electrons. The van der Waals surface area contributed by atoms with Crippen molar-refractivity contribution in [1.82, 2.24) is 10.6 Å². The number of nitrogens with zero attached hydrogens (tertiary/aromatic N) is 1. The molecule has 0 aliphatic rings. The molecule has 0 saturated heterocycles. The highest BCUT2D eigenvalue weighted by Gasteiger charge is 2.23. The Labute approximate surface area is 155 Å². The Bertz CT molecular complexity index is 706. The normalized spacial score (nSPS) is 14.2. The van der Waals surface area contributed by atoms with Crippen LogP contribution in [0.2, 0.25) is 0 Å². The lowest BCUT2D eigenvalue weighted by Crippen LogP contribution is -2.44. The van der Waals surface area contributed by atoms with Gasteiger partial charge in [0.2, 0.25) is 0 Å². The summed E-state index contributed by atoms with van der Waals surface area (Å²) in [5.74, 6) is 0.585. The van der Waals surface area contributed by atoms with Gasteiger partial charge in [-0.3, -0.25) is 0 Å². The molecule has 1 heterocycles. The second kappa shape index (κ2) is 9.49. The number of benzene rings is 1. The molecular weight excluding hydrogens is 360 g/mol. The van der Waals surface area contributed by atoms with Gasteiger partial charge in [-0.05, 0) is 42.3 Å². The van der Waals surface area contributed by atoms with E-state index < -0.39 is 12.2 Å². The van der Waals surface area contributed by atoms with Gasteiger partial charge in [0.05, 0.1) is 13.1 Å². The molecule has 1 unspecified atom stereocenters. The Morgan fingerprint density at radius 2 is 2.08 bits per heavy atom. The third-order valence-corrected chi connectivity index (χ3v) is 4.37. The number of halogens is 2. The largest absolute Gasteiger partial charge is 0.434 e. The quantitative estimate of drug-likeness (QED) is 0.483. The predicted octanol–water partition coefficient (Wildman–Crippen LogP) is 3.31. The summed E-state index contributed by atoms with van der Waals surface area (Å²) in [6.07, 6.45) is 0. The highest BCUT2D eigenvalue weighted by atomic mass is 32.1. The summed E-state index contributed by atoms with van der Waals surface area (Å²) in [5.41, 5.74) is 0.323. The molecule has 8 heteroatoms. The van der Waals surface area contributed by atoms with Crippen LogP contribution in [0.5, 0.6) is 5.75 Å². The van der Waals surface area contributed by atoms with Crippen LogP contribution in [0.1, 0.15) is 25.0 Å². The van der Waals surface area contributed by atoms with Crippen LogP contribution in [0.15, 0.2) is 46.1 Å². The molecule has 26 heavy (non-hydrogen) atoms. The van der Waals surface area contributed by atoms with Crippen LogP contribution in [0.4, 0.5) is 8.78 Å². The van der Waals surface area contributed by atoms with Gasteiger partial charge in [-0.25, -0.2) is 4.99 Å².